The lowest BCUT2D eigenvalue weighted by molar-refractivity contribution is 0.101. The summed E-state index contributed by atoms with van der Waals surface area (Å²) < 4.78 is 0. The summed E-state index contributed by atoms with van der Waals surface area (Å²) in [6, 6.07) is 24.6. The number of H-pyrrole nitrogens is 1. The molecular weight excluding hydrogens is 336 g/mol. The van der Waals surface area contributed by atoms with Crippen LogP contribution in [0.2, 0.25) is 0 Å². The van der Waals surface area contributed by atoms with Gasteiger partial charge in [-0.25, -0.2) is 4.99 Å². The zero-order valence-electron chi connectivity index (χ0n) is 14.8. The van der Waals surface area contributed by atoms with Crippen molar-refractivity contribution in [2.45, 2.75) is 6.92 Å². The number of hydrogen-bond acceptors (Lipinski definition) is 3. The number of carbonyl (C=O) groups excluding carboxylic acids is 1. The molecule has 27 heavy (non-hydrogen) atoms. The Balaban J connectivity index is 1.92. The molecule has 0 aliphatic rings. The number of aromatic amines is 1. The van der Waals surface area contributed by atoms with Crippen LogP contribution in [0.5, 0.6) is 5.88 Å². The maximum Gasteiger partial charge on any atom is 0.199 e. The second-order valence-corrected chi connectivity index (χ2v) is 6.32. The summed E-state index contributed by atoms with van der Waals surface area (Å²) in [5.74, 6) is 0.0993. The van der Waals surface area contributed by atoms with Crippen LogP contribution in [0.15, 0.2) is 83.9 Å². The van der Waals surface area contributed by atoms with Gasteiger partial charge in [0.2, 0.25) is 0 Å². The van der Waals surface area contributed by atoms with Crippen LogP contribution in [0.25, 0.3) is 10.9 Å². The van der Waals surface area contributed by atoms with E-state index in [2.05, 4.69) is 4.98 Å². The Labute approximate surface area is 156 Å². The largest absolute Gasteiger partial charge is 0.494 e. The SMILES string of the molecule is CC(=O)c1ccc(N=C(c2ccccc2)c2c(O)[nH]c3ccccc23)cc1. The Morgan fingerprint density at radius 3 is 2.22 bits per heavy atom. The number of aromatic nitrogens is 1. The minimum atomic E-state index is 0.0167. The lowest BCUT2D eigenvalue weighted by Gasteiger charge is -2.08. The second-order valence-electron chi connectivity index (χ2n) is 6.32. The number of nitrogens with zero attached hydrogens (tertiary/aromatic N) is 1. The molecular formula is C23H18N2O2. The number of aliphatic imine (C=N–C) groups is 1. The van der Waals surface area contributed by atoms with Crippen LogP contribution in [0.3, 0.4) is 0 Å². The van der Waals surface area contributed by atoms with Crippen LogP contribution in [0.1, 0.15) is 28.4 Å². The zero-order valence-corrected chi connectivity index (χ0v) is 14.8. The summed E-state index contributed by atoms with van der Waals surface area (Å²) in [5, 5.41) is 11.5. The van der Waals surface area contributed by atoms with Crippen LogP contribution < -0.4 is 0 Å². The first kappa shape index (κ1) is 16.8. The van der Waals surface area contributed by atoms with Gasteiger partial charge in [-0.3, -0.25) is 4.79 Å². The van der Waals surface area contributed by atoms with E-state index < -0.39 is 0 Å². The van der Waals surface area contributed by atoms with Crippen molar-refractivity contribution in [1.29, 1.82) is 0 Å². The van der Waals surface area contributed by atoms with Crippen LogP contribution >= 0.6 is 0 Å². The minimum absolute atomic E-state index is 0.0167. The lowest BCUT2D eigenvalue weighted by Crippen LogP contribution is -2.02. The number of Topliss-reactive ketones (excluding diaryl/α,β-unsaturated/α-hetero) is 1. The van der Waals surface area contributed by atoms with Gasteiger partial charge in [-0.15, -0.1) is 0 Å². The molecule has 0 atom stereocenters. The molecule has 3 aromatic carbocycles. The van der Waals surface area contributed by atoms with Crippen LogP contribution in [0.4, 0.5) is 5.69 Å². The van der Waals surface area contributed by atoms with Gasteiger partial charge in [-0.1, -0.05) is 48.5 Å². The minimum Gasteiger partial charge on any atom is -0.494 e. The third kappa shape index (κ3) is 3.25. The van der Waals surface area contributed by atoms with Crippen molar-refractivity contribution in [3.8, 4) is 5.88 Å². The average Bonchev–Trinajstić information content (AvgIpc) is 3.03. The van der Waals surface area contributed by atoms with E-state index in [1.165, 1.54) is 6.92 Å². The number of carbonyl (C=O) groups is 1. The average molecular weight is 354 g/mol. The van der Waals surface area contributed by atoms with E-state index in [0.29, 0.717) is 22.5 Å². The number of para-hydroxylation sites is 1. The molecule has 0 spiro atoms. The van der Waals surface area contributed by atoms with Gasteiger partial charge in [0.05, 0.1) is 17.0 Å². The molecule has 0 amide bonds. The van der Waals surface area contributed by atoms with Gasteiger partial charge in [0, 0.05) is 22.0 Å². The fourth-order valence-electron chi connectivity index (χ4n) is 3.13. The molecule has 0 radical (unpaired) electrons. The Morgan fingerprint density at radius 2 is 1.52 bits per heavy atom. The number of hydrogen-bond donors (Lipinski definition) is 2. The quantitative estimate of drug-likeness (QED) is 0.388. The first-order valence-electron chi connectivity index (χ1n) is 8.68. The maximum absolute atomic E-state index is 11.5. The van der Waals surface area contributed by atoms with Crippen molar-refractivity contribution >= 4 is 28.1 Å². The monoisotopic (exact) mass is 354 g/mol. The molecule has 1 aromatic heterocycles. The molecule has 132 valence electrons. The maximum atomic E-state index is 11.5. The molecule has 0 saturated heterocycles. The van der Waals surface area contributed by atoms with Gasteiger partial charge in [-0.2, -0.15) is 0 Å². The number of fused-ring (bicyclic) bond motifs is 1. The summed E-state index contributed by atoms with van der Waals surface area (Å²) in [4.78, 5) is 19.3. The molecule has 0 fully saturated rings. The number of benzene rings is 3. The van der Waals surface area contributed by atoms with Crippen molar-refractivity contribution in [3.05, 3.63) is 95.6 Å². The van der Waals surface area contributed by atoms with Crippen LogP contribution in [-0.2, 0) is 0 Å². The molecule has 0 aliphatic carbocycles. The summed E-state index contributed by atoms with van der Waals surface area (Å²) >= 11 is 0. The topological polar surface area (TPSA) is 65.4 Å². The lowest BCUT2D eigenvalue weighted by atomic mass is 10.0. The van der Waals surface area contributed by atoms with Gasteiger partial charge in [0.15, 0.2) is 11.7 Å². The molecule has 0 saturated carbocycles. The molecule has 0 aliphatic heterocycles. The van der Waals surface area contributed by atoms with E-state index in [4.69, 9.17) is 4.99 Å². The number of nitrogens with one attached hydrogen (secondary N) is 1. The highest BCUT2D eigenvalue weighted by Gasteiger charge is 2.18. The van der Waals surface area contributed by atoms with Crippen LogP contribution in [0, 0.1) is 0 Å². The van der Waals surface area contributed by atoms with Gasteiger partial charge in [0.1, 0.15) is 0 Å². The Bertz CT molecular complexity index is 1140. The Hall–Kier alpha value is -3.66. The summed E-state index contributed by atoms with van der Waals surface area (Å²) in [6.45, 7) is 1.54. The van der Waals surface area contributed by atoms with Gasteiger partial charge < -0.3 is 10.1 Å². The first-order valence-corrected chi connectivity index (χ1v) is 8.68. The predicted molar refractivity (Wildman–Crippen MR) is 108 cm³/mol. The Kier molecular flexibility index (Phi) is 4.30. The van der Waals surface area contributed by atoms with Crippen molar-refractivity contribution in [1.82, 2.24) is 4.98 Å². The van der Waals surface area contributed by atoms with Crippen molar-refractivity contribution in [2.24, 2.45) is 4.99 Å². The Morgan fingerprint density at radius 1 is 0.852 bits per heavy atom. The number of rotatable bonds is 4. The van der Waals surface area contributed by atoms with Crippen molar-refractivity contribution in [2.75, 3.05) is 0 Å². The van der Waals surface area contributed by atoms with Gasteiger partial charge in [0.25, 0.3) is 0 Å². The van der Waals surface area contributed by atoms with E-state index >= 15 is 0 Å². The third-order valence-corrected chi connectivity index (χ3v) is 4.49. The third-order valence-electron chi connectivity index (χ3n) is 4.49. The van der Waals surface area contributed by atoms with Crippen LogP contribution in [-0.4, -0.2) is 21.6 Å². The normalized spacial score (nSPS) is 11.7. The molecule has 4 nitrogen and oxygen atoms in total. The fourth-order valence-corrected chi connectivity index (χ4v) is 3.13. The number of aromatic hydroxyl groups is 1. The summed E-state index contributed by atoms with van der Waals surface area (Å²) in [6.07, 6.45) is 0. The van der Waals surface area contributed by atoms with Gasteiger partial charge in [-0.05, 0) is 37.3 Å². The van der Waals surface area contributed by atoms with Crippen molar-refractivity contribution in [3.63, 3.8) is 0 Å². The van der Waals surface area contributed by atoms with E-state index in [9.17, 15) is 9.90 Å². The van der Waals surface area contributed by atoms with E-state index in [1.807, 2.05) is 66.7 Å². The van der Waals surface area contributed by atoms with E-state index in [0.717, 1.165) is 16.5 Å². The highest BCUT2D eigenvalue weighted by atomic mass is 16.3. The molecule has 4 heteroatoms. The zero-order chi connectivity index (χ0) is 18.8. The highest BCUT2D eigenvalue weighted by molar-refractivity contribution is 6.21. The van der Waals surface area contributed by atoms with Gasteiger partial charge >= 0.3 is 0 Å². The molecule has 4 aromatic rings. The molecule has 1 heterocycles. The molecule has 0 unspecified atom stereocenters. The van der Waals surface area contributed by atoms with Crippen molar-refractivity contribution < 1.29 is 9.90 Å². The van der Waals surface area contributed by atoms with E-state index in [1.54, 1.807) is 12.1 Å². The molecule has 2 N–H and O–H groups in total. The smallest absolute Gasteiger partial charge is 0.199 e. The predicted octanol–water partition coefficient (Wildman–Crippen LogP) is 5.25. The van der Waals surface area contributed by atoms with E-state index in [-0.39, 0.29) is 11.7 Å². The summed E-state index contributed by atoms with van der Waals surface area (Å²) in [5.41, 5.74) is 4.43. The molecule has 0 bridgehead atoms. The number of ketones is 1. The standard InChI is InChI=1S/C23H18N2O2/c1-15(26)16-11-13-18(14-12-16)24-22(17-7-3-2-4-8-17)21-19-9-5-6-10-20(19)25-23(21)27/h2-14,25,27H,1H3. The summed E-state index contributed by atoms with van der Waals surface area (Å²) in [7, 11) is 0. The first-order chi connectivity index (χ1) is 13.1. The fraction of sp³-hybridized carbons (Fsp3) is 0.0435. The second kappa shape index (κ2) is 6.92. The molecule has 4 rings (SSSR count). The highest BCUT2D eigenvalue weighted by Crippen LogP contribution is 2.31.